The van der Waals surface area contributed by atoms with Crippen LogP contribution in [0.1, 0.15) is 25.6 Å². The third-order valence-electron chi connectivity index (χ3n) is 2.62. The highest BCUT2D eigenvalue weighted by Gasteiger charge is 2.10. The van der Waals surface area contributed by atoms with E-state index >= 15 is 0 Å². The van der Waals surface area contributed by atoms with Gasteiger partial charge in [0.25, 0.3) is 0 Å². The average molecular weight is 312 g/mol. The highest BCUT2D eigenvalue weighted by atomic mass is 35.5. The van der Waals surface area contributed by atoms with Gasteiger partial charge in [-0.3, -0.25) is 0 Å². The van der Waals surface area contributed by atoms with Gasteiger partial charge in [-0.25, -0.2) is 15.8 Å². The molecule has 7 heteroatoms. The van der Waals surface area contributed by atoms with Gasteiger partial charge in [0.1, 0.15) is 17.5 Å². The van der Waals surface area contributed by atoms with Gasteiger partial charge in [0.15, 0.2) is 0 Å². The Morgan fingerprint density at radius 2 is 1.85 bits per heavy atom. The van der Waals surface area contributed by atoms with Gasteiger partial charge in [0, 0.05) is 12.0 Å². The van der Waals surface area contributed by atoms with Crippen LogP contribution in [0.15, 0.2) is 24.3 Å². The molecule has 0 saturated heterocycles. The first-order valence-electron chi connectivity index (χ1n) is 6.08. The van der Waals surface area contributed by atoms with E-state index in [1.165, 1.54) is 0 Å². The zero-order valence-electron chi connectivity index (χ0n) is 11.1. The van der Waals surface area contributed by atoms with E-state index in [9.17, 15) is 0 Å². The Labute approximate surface area is 127 Å². The van der Waals surface area contributed by atoms with Crippen LogP contribution in [0.25, 0.3) is 0 Å². The summed E-state index contributed by atoms with van der Waals surface area (Å²) in [5, 5.41) is 4.04. The quantitative estimate of drug-likeness (QED) is 0.589. The number of nitrogens with one attached hydrogen (secondary N) is 2. The number of nitrogens with two attached hydrogens (primary N) is 1. The molecular formula is C13H15Cl2N5. The van der Waals surface area contributed by atoms with Crippen LogP contribution in [0.3, 0.4) is 0 Å². The third kappa shape index (κ3) is 3.30. The van der Waals surface area contributed by atoms with Crippen molar-refractivity contribution in [2.75, 3.05) is 10.7 Å². The summed E-state index contributed by atoms with van der Waals surface area (Å²) < 4.78 is 0. The van der Waals surface area contributed by atoms with Gasteiger partial charge < -0.3 is 10.7 Å². The van der Waals surface area contributed by atoms with Crippen molar-refractivity contribution >= 4 is 40.5 Å². The van der Waals surface area contributed by atoms with E-state index < -0.39 is 0 Å². The summed E-state index contributed by atoms with van der Waals surface area (Å²) in [6, 6.07) is 7.05. The molecule has 0 unspecified atom stereocenters. The van der Waals surface area contributed by atoms with Crippen molar-refractivity contribution in [2.45, 2.75) is 19.8 Å². The maximum Gasteiger partial charge on any atom is 0.145 e. The van der Waals surface area contributed by atoms with Crippen LogP contribution in [0, 0.1) is 0 Å². The first kappa shape index (κ1) is 14.8. The third-order valence-corrected chi connectivity index (χ3v) is 3.44. The van der Waals surface area contributed by atoms with Crippen molar-refractivity contribution < 1.29 is 0 Å². The maximum absolute atomic E-state index is 6.14. The summed E-state index contributed by atoms with van der Waals surface area (Å²) in [6.45, 7) is 4.01. The number of hydrazine groups is 1. The maximum atomic E-state index is 6.14. The van der Waals surface area contributed by atoms with Gasteiger partial charge >= 0.3 is 0 Å². The fraction of sp³-hybridized carbons (Fsp3) is 0.231. The molecule has 0 amide bonds. The molecule has 106 valence electrons. The highest BCUT2D eigenvalue weighted by molar-refractivity contribution is 6.43. The molecule has 20 heavy (non-hydrogen) atoms. The van der Waals surface area contributed by atoms with Gasteiger partial charge in [-0.15, -0.1) is 0 Å². The number of hydrogen-bond acceptors (Lipinski definition) is 5. The number of hydrogen-bond donors (Lipinski definition) is 3. The molecule has 2 aromatic rings. The Hall–Kier alpha value is -1.56. The second-order valence-electron chi connectivity index (χ2n) is 4.52. The van der Waals surface area contributed by atoms with E-state index in [1.807, 2.05) is 26.0 Å². The van der Waals surface area contributed by atoms with Crippen molar-refractivity contribution in [1.82, 2.24) is 9.97 Å². The van der Waals surface area contributed by atoms with E-state index in [-0.39, 0.29) is 5.92 Å². The molecule has 5 nitrogen and oxygen atoms in total. The normalized spacial score (nSPS) is 10.7. The molecule has 0 fully saturated rings. The summed E-state index contributed by atoms with van der Waals surface area (Å²) in [6.07, 6.45) is 0. The first-order valence-corrected chi connectivity index (χ1v) is 6.83. The largest absolute Gasteiger partial charge is 0.339 e. The average Bonchev–Trinajstić information content (AvgIpc) is 2.43. The molecular weight excluding hydrogens is 297 g/mol. The zero-order chi connectivity index (χ0) is 14.7. The minimum absolute atomic E-state index is 0.179. The monoisotopic (exact) mass is 311 g/mol. The minimum Gasteiger partial charge on any atom is -0.339 e. The van der Waals surface area contributed by atoms with Gasteiger partial charge in [-0.2, -0.15) is 0 Å². The fourth-order valence-electron chi connectivity index (χ4n) is 1.60. The predicted molar refractivity (Wildman–Crippen MR) is 83.7 cm³/mol. The summed E-state index contributed by atoms with van der Waals surface area (Å²) in [4.78, 5) is 8.71. The van der Waals surface area contributed by atoms with Crippen LogP contribution >= 0.6 is 23.2 Å². The Kier molecular flexibility index (Phi) is 4.65. The first-order chi connectivity index (χ1) is 9.51. The van der Waals surface area contributed by atoms with Crippen LogP contribution < -0.4 is 16.6 Å². The number of anilines is 3. The lowest BCUT2D eigenvalue weighted by Gasteiger charge is -2.12. The lowest BCUT2D eigenvalue weighted by molar-refractivity contribution is 0.777. The molecule has 0 spiro atoms. The smallest absolute Gasteiger partial charge is 0.145 e. The van der Waals surface area contributed by atoms with E-state index in [4.69, 9.17) is 29.0 Å². The molecule has 1 aromatic heterocycles. The second-order valence-corrected chi connectivity index (χ2v) is 5.31. The molecule has 0 aliphatic carbocycles. The van der Waals surface area contributed by atoms with Crippen molar-refractivity contribution in [3.63, 3.8) is 0 Å². The fourth-order valence-corrected chi connectivity index (χ4v) is 1.95. The molecule has 0 bridgehead atoms. The Bertz CT molecular complexity index is 616. The van der Waals surface area contributed by atoms with Gasteiger partial charge in [-0.05, 0) is 12.1 Å². The molecule has 1 heterocycles. The zero-order valence-corrected chi connectivity index (χ0v) is 12.6. The minimum atomic E-state index is 0.179. The van der Waals surface area contributed by atoms with E-state index in [2.05, 4.69) is 20.7 Å². The SMILES string of the molecule is CC(C)c1nc(NN)cc(Nc2cccc(Cl)c2Cl)n1. The lowest BCUT2D eigenvalue weighted by atomic mass is 10.2. The topological polar surface area (TPSA) is 75.9 Å². The Morgan fingerprint density at radius 1 is 1.15 bits per heavy atom. The van der Waals surface area contributed by atoms with Crippen molar-refractivity contribution in [1.29, 1.82) is 0 Å². The summed E-state index contributed by atoms with van der Waals surface area (Å²) in [5.41, 5.74) is 3.20. The molecule has 0 saturated carbocycles. The summed E-state index contributed by atoms with van der Waals surface area (Å²) in [7, 11) is 0. The van der Waals surface area contributed by atoms with Crippen LogP contribution in [0.2, 0.25) is 10.0 Å². The predicted octanol–water partition coefficient (Wildman–Crippen LogP) is 3.94. The van der Waals surface area contributed by atoms with Crippen LogP contribution in [-0.2, 0) is 0 Å². The van der Waals surface area contributed by atoms with Gasteiger partial charge in [-0.1, -0.05) is 43.1 Å². The molecule has 4 N–H and O–H groups in total. The van der Waals surface area contributed by atoms with E-state index in [1.54, 1.807) is 12.1 Å². The highest BCUT2D eigenvalue weighted by Crippen LogP contribution is 2.31. The molecule has 0 aliphatic heterocycles. The summed E-state index contributed by atoms with van der Waals surface area (Å²) >= 11 is 12.1. The Balaban J connectivity index is 2.37. The number of nitrogens with zero attached hydrogens (tertiary/aromatic N) is 2. The van der Waals surface area contributed by atoms with E-state index in [0.717, 1.165) is 0 Å². The van der Waals surface area contributed by atoms with E-state index in [0.29, 0.717) is 33.2 Å². The number of nitrogen functional groups attached to an aromatic ring is 1. The lowest BCUT2D eigenvalue weighted by Crippen LogP contribution is -2.12. The van der Waals surface area contributed by atoms with Crippen molar-refractivity contribution in [2.24, 2.45) is 5.84 Å². The molecule has 1 aromatic carbocycles. The molecule has 0 radical (unpaired) electrons. The van der Waals surface area contributed by atoms with Crippen LogP contribution in [0.5, 0.6) is 0 Å². The van der Waals surface area contributed by atoms with Crippen LogP contribution in [0.4, 0.5) is 17.3 Å². The molecule has 2 rings (SSSR count). The number of halogens is 2. The van der Waals surface area contributed by atoms with Gasteiger partial charge in [0.2, 0.25) is 0 Å². The number of aromatic nitrogens is 2. The van der Waals surface area contributed by atoms with Crippen molar-refractivity contribution in [3.8, 4) is 0 Å². The number of rotatable bonds is 4. The standard InChI is InChI=1S/C13H15Cl2N5/c1-7(2)13-18-10(6-11(19-13)20-16)17-9-5-3-4-8(14)12(9)15/h3-7H,16H2,1-2H3,(H2,17,18,19,20). The summed E-state index contributed by atoms with van der Waals surface area (Å²) in [5.74, 6) is 7.41. The number of benzene rings is 1. The molecule has 0 atom stereocenters. The van der Waals surface area contributed by atoms with Gasteiger partial charge in [0.05, 0.1) is 15.7 Å². The Morgan fingerprint density at radius 3 is 2.50 bits per heavy atom. The van der Waals surface area contributed by atoms with Crippen LogP contribution in [-0.4, -0.2) is 9.97 Å². The second kappa shape index (κ2) is 6.26. The van der Waals surface area contributed by atoms with Crippen molar-refractivity contribution in [3.05, 3.63) is 40.1 Å². The molecule has 0 aliphatic rings.